The van der Waals surface area contributed by atoms with Gasteiger partial charge in [-0.15, -0.1) is 24.0 Å². The number of aliphatic imine (C=N–C) groups is 1. The molecule has 0 amide bonds. The average molecular weight is 497 g/mol. The molecule has 6 nitrogen and oxygen atoms in total. The lowest BCUT2D eigenvalue weighted by Gasteiger charge is -2.31. The number of hydrogen-bond acceptors (Lipinski definition) is 4. The number of guanidine groups is 1. The SMILES string of the molecule is CN=C(NCc1ccccc1)NCC1CCN(Cc2nc(C)c(C)o2)CC1.I. The van der Waals surface area contributed by atoms with Crippen molar-refractivity contribution in [1.82, 2.24) is 20.5 Å². The first-order valence-corrected chi connectivity index (χ1v) is 9.77. The fourth-order valence-corrected chi connectivity index (χ4v) is 3.39. The van der Waals surface area contributed by atoms with E-state index in [1.807, 2.05) is 27.0 Å². The van der Waals surface area contributed by atoms with E-state index in [0.29, 0.717) is 5.92 Å². The monoisotopic (exact) mass is 497 g/mol. The summed E-state index contributed by atoms with van der Waals surface area (Å²) in [5.74, 6) is 3.31. The Balaban J connectivity index is 0.00000280. The summed E-state index contributed by atoms with van der Waals surface area (Å²) in [6.45, 7) is 8.70. The first kappa shape index (κ1) is 22.7. The minimum Gasteiger partial charge on any atom is -0.444 e. The van der Waals surface area contributed by atoms with Gasteiger partial charge in [0.25, 0.3) is 0 Å². The van der Waals surface area contributed by atoms with Crippen molar-refractivity contribution in [3.63, 3.8) is 0 Å². The van der Waals surface area contributed by atoms with E-state index in [9.17, 15) is 0 Å². The normalized spacial score (nSPS) is 15.9. The smallest absolute Gasteiger partial charge is 0.208 e. The Morgan fingerprint density at radius 3 is 2.50 bits per heavy atom. The van der Waals surface area contributed by atoms with Gasteiger partial charge in [-0.2, -0.15) is 0 Å². The topological polar surface area (TPSA) is 65.7 Å². The molecule has 1 aliphatic rings. The Morgan fingerprint density at radius 2 is 1.89 bits per heavy atom. The first-order valence-electron chi connectivity index (χ1n) is 9.77. The van der Waals surface area contributed by atoms with E-state index in [4.69, 9.17) is 4.42 Å². The van der Waals surface area contributed by atoms with Crippen LogP contribution in [0.25, 0.3) is 0 Å². The third-order valence-electron chi connectivity index (χ3n) is 5.22. The molecular weight excluding hydrogens is 465 g/mol. The van der Waals surface area contributed by atoms with Crippen molar-refractivity contribution in [2.75, 3.05) is 26.7 Å². The molecular formula is C21H32IN5O. The van der Waals surface area contributed by atoms with Gasteiger partial charge in [-0.3, -0.25) is 9.89 Å². The molecule has 0 radical (unpaired) electrons. The Bertz CT molecular complexity index is 719. The van der Waals surface area contributed by atoms with Gasteiger partial charge in [0.15, 0.2) is 5.96 Å². The molecule has 1 aliphatic heterocycles. The van der Waals surface area contributed by atoms with Gasteiger partial charge < -0.3 is 15.1 Å². The number of piperidine rings is 1. The molecule has 28 heavy (non-hydrogen) atoms. The van der Waals surface area contributed by atoms with Crippen molar-refractivity contribution in [3.8, 4) is 0 Å². The van der Waals surface area contributed by atoms with Crippen LogP contribution >= 0.6 is 24.0 Å². The van der Waals surface area contributed by atoms with Gasteiger partial charge in [0, 0.05) is 20.1 Å². The number of likely N-dealkylation sites (tertiary alicyclic amines) is 1. The van der Waals surface area contributed by atoms with E-state index in [1.54, 1.807) is 0 Å². The van der Waals surface area contributed by atoms with Crippen molar-refractivity contribution in [2.45, 2.75) is 39.8 Å². The molecule has 0 bridgehead atoms. The number of benzene rings is 1. The van der Waals surface area contributed by atoms with E-state index in [1.165, 1.54) is 18.4 Å². The number of nitrogens with zero attached hydrogens (tertiary/aromatic N) is 3. The van der Waals surface area contributed by atoms with Crippen LogP contribution in [0.4, 0.5) is 0 Å². The van der Waals surface area contributed by atoms with Crippen LogP contribution in [-0.2, 0) is 13.1 Å². The molecule has 7 heteroatoms. The van der Waals surface area contributed by atoms with Crippen LogP contribution in [0, 0.1) is 19.8 Å². The van der Waals surface area contributed by atoms with E-state index in [-0.39, 0.29) is 24.0 Å². The van der Waals surface area contributed by atoms with Gasteiger partial charge >= 0.3 is 0 Å². The number of rotatable bonds is 6. The zero-order valence-electron chi connectivity index (χ0n) is 17.1. The summed E-state index contributed by atoms with van der Waals surface area (Å²) in [5.41, 5.74) is 2.25. The maximum atomic E-state index is 5.71. The maximum absolute atomic E-state index is 5.71. The van der Waals surface area contributed by atoms with Crippen LogP contribution in [0.2, 0.25) is 0 Å². The van der Waals surface area contributed by atoms with Crippen LogP contribution in [0.15, 0.2) is 39.7 Å². The standard InChI is InChI=1S/C21H31N5O.HI/c1-16-17(2)27-20(25-16)15-26-11-9-19(10-12-26)14-24-21(22-3)23-13-18-7-5-4-6-8-18;/h4-8,19H,9-15H2,1-3H3,(H2,22,23,24);1H. The maximum Gasteiger partial charge on any atom is 0.208 e. The number of oxazole rings is 1. The first-order chi connectivity index (χ1) is 13.1. The molecule has 1 aromatic heterocycles. The van der Waals surface area contributed by atoms with Crippen molar-refractivity contribution in [1.29, 1.82) is 0 Å². The lowest BCUT2D eigenvalue weighted by Crippen LogP contribution is -2.42. The Morgan fingerprint density at radius 1 is 1.18 bits per heavy atom. The molecule has 3 rings (SSSR count). The molecule has 0 spiro atoms. The summed E-state index contributed by atoms with van der Waals surface area (Å²) in [4.78, 5) is 11.3. The van der Waals surface area contributed by atoms with Gasteiger partial charge in [-0.25, -0.2) is 4.98 Å². The van der Waals surface area contributed by atoms with Crippen molar-refractivity contribution < 1.29 is 4.42 Å². The zero-order chi connectivity index (χ0) is 19.1. The summed E-state index contributed by atoms with van der Waals surface area (Å²) >= 11 is 0. The average Bonchev–Trinajstić information content (AvgIpc) is 3.01. The Hall–Kier alpha value is -1.61. The van der Waals surface area contributed by atoms with Gasteiger partial charge in [0.1, 0.15) is 5.76 Å². The molecule has 0 aliphatic carbocycles. The number of aryl methyl sites for hydroxylation is 2. The molecule has 2 aromatic rings. The highest BCUT2D eigenvalue weighted by molar-refractivity contribution is 14.0. The predicted molar refractivity (Wildman–Crippen MR) is 124 cm³/mol. The number of aromatic nitrogens is 1. The van der Waals surface area contributed by atoms with Gasteiger partial charge in [-0.1, -0.05) is 30.3 Å². The van der Waals surface area contributed by atoms with E-state index < -0.39 is 0 Å². The van der Waals surface area contributed by atoms with Gasteiger partial charge in [0.05, 0.1) is 12.2 Å². The lowest BCUT2D eigenvalue weighted by atomic mass is 9.97. The minimum atomic E-state index is 0. The largest absolute Gasteiger partial charge is 0.444 e. The summed E-state index contributed by atoms with van der Waals surface area (Å²) in [7, 11) is 1.82. The molecule has 0 saturated carbocycles. The highest BCUT2D eigenvalue weighted by atomic mass is 127. The predicted octanol–water partition coefficient (Wildman–Crippen LogP) is 3.49. The van der Waals surface area contributed by atoms with Crippen LogP contribution in [-0.4, -0.2) is 42.5 Å². The van der Waals surface area contributed by atoms with E-state index in [2.05, 4.69) is 49.8 Å². The van der Waals surface area contributed by atoms with Crippen LogP contribution in [0.1, 0.15) is 35.7 Å². The molecule has 154 valence electrons. The summed E-state index contributed by atoms with van der Waals surface area (Å²) in [6.07, 6.45) is 2.36. The van der Waals surface area contributed by atoms with Crippen LogP contribution in [0.5, 0.6) is 0 Å². The van der Waals surface area contributed by atoms with Crippen LogP contribution < -0.4 is 10.6 Å². The van der Waals surface area contributed by atoms with Crippen molar-refractivity contribution >= 4 is 29.9 Å². The zero-order valence-corrected chi connectivity index (χ0v) is 19.4. The van der Waals surface area contributed by atoms with Gasteiger partial charge in [-0.05, 0) is 51.3 Å². The van der Waals surface area contributed by atoms with E-state index in [0.717, 1.165) is 56.0 Å². The van der Waals surface area contributed by atoms with Crippen LogP contribution in [0.3, 0.4) is 0 Å². The van der Waals surface area contributed by atoms with Gasteiger partial charge in [0.2, 0.25) is 5.89 Å². The third kappa shape index (κ3) is 6.77. The number of nitrogens with one attached hydrogen (secondary N) is 2. The minimum absolute atomic E-state index is 0. The fraction of sp³-hybridized carbons (Fsp3) is 0.524. The highest BCUT2D eigenvalue weighted by Gasteiger charge is 2.21. The lowest BCUT2D eigenvalue weighted by molar-refractivity contribution is 0.164. The van der Waals surface area contributed by atoms with Crippen molar-refractivity contribution in [2.24, 2.45) is 10.9 Å². The molecule has 1 fully saturated rings. The second-order valence-electron chi connectivity index (χ2n) is 7.26. The Labute approximate surface area is 185 Å². The summed E-state index contributed by atoms with van der Waals surface area (Å²) in [6, 6.07) is 10.4. The molecule has 0 atom stereocenters. The molecule has 1 aromatic carbocycles. The Kier molecular flexibility index (Phi) is 9.24. The third-order valence-corrected chi connectivity index (χ3v) is 5.22. The quantitative estimate of drug-likeness (QED) is 0.364. The second kappa shape index (κ2) is 11.4. The number of hydrogen-bond donors (Lipinski definition) is 2. The highest BCUT2D eigenvalue weighted by Crippen LogP contribution is 2.19. The molecule has 0 unspecified atom stereocenters. The van der Waals surface area contributed by atoms with Crippen molar-refractivity contribution in [3.05, 3.63) is 53.2 Å². The van der Waals surface area contributed by atoms with E-state index >= 15 is 0 Å². The number of halogens is 1. The summed E-state index contributed by atoms with van der Waals surface area (Å²) in [5, 5.41) is 6.86. The molecule has 2 N–H and O–H groups in total. The molecule has 2 heterocycles. The fourth-order valence-electron chi connectivity index (χ4n) is 3.39. The second-order valence-corrected chi connectivity index (χ2v) is 7.26. The molecule has 1 saturated heterocycles. The summed E-state index contributed by atoms with van der Waals surface area (Å²) < 4.78 is 5.71.